The van der Waals surface area contributed by atoms with Crippen LogP contribution >= 0.6 is 15.9 Å². The molecule has 2 aromatic rings. The molecule has 100 valence electrons. The van der Waals surface area contributed by atoms with Crippen molar-refractivity contribution in [1.29, 1.82) is 0 Å². The first-order chi connectivity index (χ1) is 8.95. The number of hydrogen-bond donors (Lipinski definition) is 0. The van der Waals surface area contributed by atoms with Gasteiger partial charge in [0.2, 0.25) is 0 Å². The average Bonchev–Trinajstić information content (AvgIpc) is 2.79. The number of esters is 1. The molecule has 1 aromatic carbocycles. The fraction of sp³-hybridized carbons (Fsp3) is 0.273. The van der Waals surface area contributed by atoms with Gasteiger partial charge in [0.1, 0.15) is 11.6 Å². The monoisotopic (exact) mass is 327 g/mol. The van der Waals surface area contributed by atoms with Crippen LogP contribution in [-0.4, -0.2) is 27.6 Å². The first-order valence-corrected chi connectivity index (χ1v) is 6.13. The van der Waals surface area contributed by atoms with Crippen molar-refractivity contribution in [3.63, 3.8) is 0 Å². The lowest BCUT2D eigenvalue weighted by Gasteiger charge is -2.11. The minimum Gasteiger partial charge on any atom is -0.467 e. The number of hydrogen-bond acceptors (Lipinski definition) is 5. The van der Waals surface area contributed by atoms with Gasteiger partial charge in [0.05, 0.1) is 23.9 Å². The van der Waals surface area contributed by atoms with Crippen molar-refractivity contribution < 1.29 is 14.5 Å². The Hall–Kier alpha value is -1.96. The van der Waals surface area contributed by atoms with Crippen LogP contribution in [0.5, 0.6) is 0 Å². The molecular weight excluding hydrogens is 318 g/mol. The quantitative estimate of drug-likeness (QED) is 0.491. The highest BCUT2D eigenvalue weighted by atomic mass is 79.9. The Morgan fingerprint density at radius 3 is 2.84 bits per heavy atom. The first-order valence-electron chi connectivity index (χ1n) is 5.34. The molecule has 0 saturated carbocycles. The van der Waals surface area contributed by atoms with Crippen LogP contribution in [0.3, 0.4) is 0 Å². The number of fused-ring (bicyclic) bond motifs is 1. The second-order valence-corrected chi connectivity index (χ2v) is 4.82. The molecule has 8 heteroatoms. The molecule has 0 N–H and O–H groups in total. The Balaban J connectivity index is 2.70. The first kappa shape index (κ1) is 13.5. The third-order valence-electron chi connectivity index (χ3n) is 2.77. The number of halogens is 1. The molecule has 0 fully saturated rings. The van der Waals surface area contributed by atoms with Crippen LogP contribution in [0.4, 0.5) is 5.69 Å². The maximum atomic E-state index is 11.6. The predicted molar refractivity (Wildman–Crippen MR) is 70.8 cm³/mol. The standard InChI is InChI=1S/C11H10BrN3O4/c1-6(11(16)19-2)14-5-13-8-3-7(12)4-9(10(8)14)15(17)18/h3-6H,1-2H3/t6-/m1/s1. The average molecular weight is 328 g/mol. The number of aromatic nitrogens is 2. The molecule has 0 radical (unpaired) electrons. The minimum atomic E-state index is -0.685. The zero-order valence-electron chi connectivity index (χ0n) is 10.2. The summed E-state index contributed by atoms with van der Waals surface area (Å²) in [6.07, 6.45) is 1.39. The van der Waals surface area contributed by atoms with Gasteiger partial charge >= 0.3 is 5.97 Å². The smallest absolute Gasteiger partial charge is 0.328 e. The summed E-state index contributed by atoms with van der Waals surface area (Å²) in [6, 6.07) is 2.35. The lowest BCUT2D eigenvalue weighted by Crippen LogP contribution is -2.17. The Morgan fingerprint density at radius 2 is 2.26 bits per heavy atom. The van der Waals surface area contributed by atoms with E-state index in [9.17, 15) is 14.9 Å². The van der Waals surface area contributed by atoms with Gasteiger partial charge in [-0.2, -0.15) is 0 Å². The summed E-state index contributed by atoms with van der Waals surface area (Å²) in [4.78, 5) is 26.2. The SMILES string of the molecule is COC(=O)[C@@H](C)n1cnc2cc(Br)cc([N+](=O)[O-])c21. The van der Waals surface area contributed by atoms with Gasteiger partial charge in [0.25, 0.3) is 5.69 Å². The van der Waals surface area contributed by atoms with Crippen LogP contribution in [0.1, 0.15) is 13.0 Å². The number of imidazole rings is 1. The molecule has 0 aliphatic heterocycles. The lowest BCUT2D eigenvalue weighted by molar-refractivity contribution is -0.383. The van der Waals surface area contributed by atoms with E-state index in [0.717, 1.165) is 0 Å². The second kappa shape index (κ2) is 4.96. The molecule has 1 aromatic heterocycles. The van der Waals surface area contributed by atoms with E-state index in [4.69, 9.17) is 0 Å². The number of carbonyl (C=O) groups is 1. The summed E-state index contributed by atoms with van der Waals surface area (Å²) in [5, 5.41) is 11.1. The molecule has 2 rings (SSSR count). The van der Waals surface area contributed by atoms with E-state index in [1.807, 2.05) is 0 Å². The van der Waals surface area contributed by atoms with Crippen LogP contribution in [0.25, 0.3) is 11.0 Å². The third kappa shape index (κ3) is 2.30. The topological polar surface area (TPSA) is 87.3 Å². The Morgan fingerprint density at radius 1 is 1.58 bits per heavy atom. The number of benzene rings is 1. The van der Waals surface area contributed by atoms with Gasteiger partial charge in [-0.25, -0.2) is 9.78 Å². The van der Waals surface area contributed by atoms with Gasteiger partial charge < -0.3 is 9.30 Å². The maximum absolute atomic E-state index is 11.6. The minimum absolute atomic E-state index is 0.113. The molecular formula is C11H10BrN3O4. The molecule has 19 heavy (non-hydrogen) atoms. The molecule has 0 saturated heterocycles. The normalized spacial score (nSPS) is 12.4. The summed E-state index contributed by atoms with van der Waals surface area (Å²) in [7, 11) is 1.27. The maximum Gasteiger partial charge on any atom is 0.328 e. The van der Waals surface area contributed by atoms with Crippen LogP contribution in [0, 0.1) is 10.1 Å². The number of ether oxygens (including phenoxy) is 1. The van der Waals surface area contributed by atoms with Gasteiger partial charge in [-0.15, -0.1) is 0 Å². The van der Waals surface area contributed by atoms with Crippen molar-refractivity contribution in [2.45, 2.75) is 13.0 Å². The highest BCUT2D eigenvalue weighted by Gasteiger charge is 2.24. The van der Waals surface area contributed by atoms with Gasteiger partial charge in [-0.3, -0.25) is 10.1 Å². The van der Waals surface area contributed by atoms with Crippen LogP contribution in [0.15, 0.2) is 22.9 Å². The van der Waals surface area contributed by atoms with Gasteiger partial charge in [-0.1, -0.05) is 15.9 Å². The number of rotatable bonds is 3. The third-order valence-corrected chi connectivity index (χ3v) is 3.23. The number of nitro groups is 1. The summed E-state index contributed by atoms with van der Waals surface area (Å²) in [6.45, 7) is 1.60. The van der Waals surface area contributed by atoms with E-state index >= 15 is 0 Å². The number of methoxy groups -OCH3 is 1. The second-order valence-electron chi connectivity index (χ2n) is 3.90. The van der Waals surface area contributed by atoms with Crippen molar-refractivity contribution in [2.75, 3.05) is 7.11 Å². The van der Waals surface area contributed by atoms with Crippen molar-refractivity contribution in [1.82, 2.24) is 9.55 Å². The predicted octanol–water partition coefficient (Wildman–Crippen LogP) is 2.44. The van der Waals surface area contributed by atoms with E-state index < -0.39 is 16.9 Å². The van der Waals surface area contributed by atoms with Crippen molar-refractivity contribution in [2.24, 2.45) is 0 Å². The number of non-ortho nitro benzene ring substituents is 1. The van der Waals surface area contributed by atoms with Crippen LogP contribution in [0.2, 0.25) is 0 Å². The molecule has 1 heterocycles. The van der Waals surface area contributed by atoms with E-state index in [1.54, 1.807) is 13.0 Å². The highest BCUT2D eigenvalue weighted by molar-refractivity contribution is 9.10. The lowest BCUT2D eigenvalue weighted by atomic mass is 10.2. The fourth-order valence-electron chi connectivity index (χ4n) is 1.83. The number of nitrogens with zero attached hydrogens (tertiary/aromatic N) is 3. The van der Waals surface area contributed by atoms with E-state index in [2.05, 4.69) is 25.7 Å². The summed E-state index contributed by atoms with van der Waals surface area (Å²) >= 11 is 3.20. The van der Waals surface area contributed by atoms with Crippen molar-refractivity contribution in [3.05, 3.63) is 33.0 Å². The van der Waals surface area contributed by atoms with E-state index in [0.29, 0.717) is 15.5 Å². The molecule has 1 atom stereocenters. The van der Waals surface area contributed by atoms with Gasteiger partial charge in [0, 0.05) is 10.5 Å². The Kier molecular flexibility index (Phi) is 3.52. The van der Waals surface area contributed by atoms with Gasteiger partial charge in [-0.05, 0) is 13.0 Å². The Labute approximate surface area is 116 Å². The van der Waals surface area contributed by atoms with E-state index in [1.165, 1.54) is 24.1 Å². The molecule has 7 nitrogen and oxygen atoms in total. The zero-order valence-corrected chi connectivity index (χ0v) is 11.7. The molecule has 0 amide bonds. The summed E-state index contributed by atoms with van der Waals surface area (Å²) in [5.74, 6) is -0.489. The zero-order chi connectivity index (χ0) is 14.2. The summed E-state index contributed by atoms with van der Waals surface area (Å²) in [5.41, 5.74) is 0.626. The molecule has 0 aliphatic carbocycles. The van der Waals surface area contributed by atoms with Crippen molar-refractivity contribution >= 4 is 38.6 Å². The fourth-order valence-corrected chi connectivity index (χ4v) is 2.27. The molecule has 0 aliphatic rings. The number of carbonyl (C=O) groups excluding carboxylic acids is 1. The Bertz CT molecular complexity index is 667. The number of nitro benzene ring substituents is 1. The van der Waals surface area contributed by atoms with Gasteiger partial charge in [0.15, 0.2) is 0 Å². The van der Waals surface area contributed by atoms with Crippen LogP contribution < -0.4 is 0 Å². The summed E-state index contributed by atoms with van der Waals surface area (Å²) < 4.78 is 6.64. The molecule has 0 unspecified atom stereocenters. The molecule has 0 spiro atoms. The largest absolute Gasteiger partial charge is 0.467 e. The van der Waals surface area contributed by atoms with E-state index in [-0.39, 0.29) is 5.69 Å². The van der Waals surface area contributed by atoms with Crippen molar-refractivity contribution in [3.8, 4) is 0 Å². The highest BCUT2D eigenvalue weighted by Crippen LogP contribution is 2.31. The van der Waals surface area contributed by atoms with Crippen LogP contribution in [-0.2, 0) is 9.53 Å². The molecule has 0 bridgehead atoms.